The second kappa shape index (κ2) is 9.31. The molecule has 0 spiro atoms. The van der Waals surface area contributed by atoms with Crippen molar-refractivity contribution in [3.05, 3.63) is 85.9 Å². The molecule has 6 rings (SSSR count). The number of amides is 2. The number of aryl methyl sites for hydroxylation is 1. The first kappa shape index (κ1) is 25.8. The fraction of sp³-hybridized carbons (Fsp3) is 0.267. The molecule has 4 aliphatic rings. The number of phenols is 1. The largest absolute Gasteiger partial charge is 0.504 e. The van der Waals surface area contributed by atoms with Crippen LogP contribution in [0.3, 0.4) is 0 Å². The average Bonchev–Trinajstić information content (AvgIpc) is 3.17. The molecule has 39 heavy (non-hydrogen) atoms. The van der Waals surface area contributed by atoms with Crippen LogP contribution in [-0.4, -0.2) is 35.6 Å². The number of benzene rings is 2. The van der Waals surface area contributed by atoms with Crippen LogP contribution in [0.15, 0.2) is 69.8 Å². The van der Waals surface area contributed by atoms with Gasteiger partial charge in [-0.3, -0.25) is 19.2 Å². The van der Waals surface area contributed by atoms with E-state index in [1.807, 2.05) is 13.0 Å². The number of aromatic hydroxyl groups is 1. The van der Waals surface area contributed by atoms with E-state index in [0.29, 0.717) is 28.3 Å². The third-order valence-electron chi connectivity index (χ3n) is 8.31. The summed E-state index contributed by atoms with van der Waals surface area (Å²) in [4.78, 5) is 55.4. The molecule has 2 aromatic rings. The number of halogens is 2. The third-order valence-corrected chi connectivity index (χ3v) is 9.30. The van der Waals surface area contributed by atoms with E-state index >= 15 is 0 Å². The number of phenolic OH excluding ortho intramolecular Hbond substituents is 1. The van der Waals surface area contributed by atoms with Gasteiger partial charge in [-0.15, -0.1) is 0 Å². The van der Waals surface area contributed by atoms with Crippen molar-refractivity contribution in [2.24, 2.45) is 17.8 Å². The topological polar surface area (TPSA) is 101 Å². The SMILES string of the molecule is COc1cccc([C@H]2C3=CC[C@@H]4C(=O)N(c5ccc(C)c(Cl)c5)C(=O)[C@@H]4[C@@H]3CC3=C2C(=O)C=C(Br)C3=O)c1O. The minimum absolute atomic E-state index is 0.137. The second-order valence-corrected chi connectivity index (χ2v) is 11.5. The van der Waals surface area contributed by atoms with Crippen LogP contribution in [0.25, 0.3) is 0 Å². The summed E-state index contributed by atoms with van der Waals surface area (Å²) in [6, 6.07) is 10.1. The summed E-state index contributed by atoms with van der Waals surface area (Å²) in [6.45, 7) is 1.84. The number of hydrogen-bond acceptors (Lipinski definition) is 6. The number of hydrogen-bond donors (Lipinski definition) is 1. The Morgan fingerprint density at radius 2 is 1.85 bits per heavy atom. The lowest BCUT2D eigenvalue weighted by molar-refractivity contribution is -0.123. The molecular formula is C30H23BrClNO6. The first-order chi connectivity index (χ1) is 18.6. The van der Waals surface area contributed by atoms with E-state index < -0.39 is 23.7 Å². The Morgan fingerprint density at radius 3 is 2.56 bits per heavy atom. The van der Waals surface area contributed by atoms with Gasteiger partial charge in [0.25, 0.3) is 0 Å². The molecule has 1 fully saturated rings. The van der Waals surface area contributed by atoms with Gasteiger partial charge in [-0.25, -0.2) is 4.90 Å². The van der Waals surface area contributed by atoms with E-state index in [0.717, 1.165) is 11.1 Å². The minimum atomic E-state index is -0.770. The van der Waals surface area contributed by atoms with Gasteiger partial charge in [0.15, 0.2) is 23.1 Å². The van der Waals surface area contributed by atoms with Crippen LogP contribution in [0.1, 0.15) is 29.9 Å². The fourth-order valence-electron chi connectivity index (χ4n) is 6.47. The lowest BCUT2D eigenvalue weighted by Gasteiger charge is -2.42. The van der Waals surface area contributed by atoms with E-state index in [9.17, 15) is 24.3 Å². The Kier molecular flexibility index (Phi) is 6.15. The van der Waals surface area contributed by atoms with Crippen LogP contribution < -0.4 is 9.64 Å². The third kappa shape index (κ3) is 3.76. The number of methoxy groups -OCH3 is 1. The summed E-state index contributed by atoms with van der Waals surface area (Å²) in [5.41, 5.74) is 2.96. The zero-order valence-electron chi connectivity index (χ0n) is 21.0. The standard InChI is InChI=1S/C30H23BrClNO6/c1-13-6-7-14(10-21(13)32)33-29(37)17-9-8-15-18(25(17)30(33)38)11-19-26(22(34)12-20(31)27(19)35)24(15)16-4-3-5-23(39-2)28(16)36/h3-8,10,12,17-18,24-25,36H,9,11H2,1-2H3/t17-,18+,24+,25-/m0/s1. The summed E-state index contributed by atoms with van der Waals surface area (Å²) in [5, 5.41) is 11.6. The summed E-state index contributed by atoms with van der Waals surface area (Å²) in [5.74, 6) is -3.88. The number of anilines is 1. The van der Waals surface area contributed by atoms with Crippen LogP contribution in [-0.2, 0) is 19.2 Å². The number of ketones is 2. The molecule has 1 aliphatic heterocycles. The van der Waals surface area contributed by atoms with Crippen molar-refractivity contribution >= 4 is 56.6 Å². The van der Waals surface area contributed by atoms with E-state index in [4.69, 9.17) is 16.3 Å². The van der Waals surface area contributed by atoms with Crippen LogP contribution in [0.4, 0.5) is 5.69 Å². The fourth-order valence-corrected chi connectivity index (χ4v) is 7.10. The molecule has 1 saturated heterocycles. The van der Waals surface area contributed by atoms with Crippen molar-refractivity contribution in [3.8, 4) is 11.5 Å². The normalized spacial score (nSPS) is 26.2. The first-order valence-corrected chi connectivity index (χ1v) is 13.7. The molecule has 7 nitrogen and oxygen atoms in total. The molecule has 3 aliphatic carbocycles. The number of carbonyl (C=O) groups is 4. The average molecular weight is 609 g/mol. The van der Waals surface area contributed by atoms with E-state index in [1.54, 1.807) is 36.4 Å². The smallest absolute Gasteiger partial charge is 0.238 e. The molecule has 0 unspecified atom stereocenters. The number of rotatable bonds is 3. The Morgan fingerprint density at radius 1 is 1.08 bits per heavy atom. The number of fused-ring (bicyclic) bond motifs is 3. The van der Waals surface area contributed by atoms with Crippen LogP contribution in [0, 0.1) is 24.7 Å². The molecular weight excluding hydrogens is 586 g/mol. The predicted octanol–water partition coefficient (Wildman–Crippen LogP) is 5.33. The molecule has 0 saturated carbocycles. The first-order valence-electron chi connectivity index (χ1n) is 12.5. The lowest BCUT2D eigenvalue weighted by Crippen LogP contribution is -2.39. The predicted molar refractivity (Wildman–Crippen MR) is 148 cm³/mol. The van der Waals surface area contributed by atoms with Crippen LogP contribution in [0.5, 0.6) is 11.5 Å². The van der Waals surface area contributed by atoms with Gasteiger partial charge >= 0.3 is 0 Å². The van der Waals surface area contributed by atoms with Gasteiger partial charge in [-0.1, -0.05) is 41.4 Å². The van der Waals surface area contributed by atoms with Crippen molar-refractivity contribution < 1.29 is 29.0 Å². The Balaban J connectivity index is 1.50. The van der Waals surface area contributed by atoms with Crippen molar-refractivity contribution in [1.29, 1.82) is 0 Å². The van der Waals surface area contributed by atoms with Gasteiger partial charge in [-0.2, -0.15) is 0 Å². The Bertz CT molecular complexity index is 1600. The van der Waals surface area contributed by atoms with Crippen LogP contribution in [0.2, 0.25) is 5.02 Å². The molecule has 198 valence electrons. The molecule has 1 N–H and O–H groups in total. The van der Waals surface area contributed by atoms with E-state index in [1.165, 1.54) is 18.1 Å². The Labute approximate surface area is 237 Å². The molecule has 9 heteroatoms. The maximum absolute atomic E-state index is 14.0. The highest BCUT2D eigenvalue weighted by Crippen LogP contribution is 2.57. The number of allylic oxidation sites excluding steroid dienone is 6. The number of para-hydroxylation sites is 1. The number of imide groups is 1. The monoisotopic (exact) mass is 607 g/mol. The summed E-state index contributed by atoms with van der Waals surface area (Å²) < 4.78 is 5.47. The quantitative estimate of drug-likeness (QED) is 0.287. The molecule has 0 bridgehead atoms. The highest BCUT2D eigenvalue weighted by Gasteiger charge is 2.57. The summed E-state index contributed by atoms with van der Waals surface area (Å²) in [7, 11) is 1.43. The van der Waals surface area contributed by atoms with Gasteiger partial charge in [-0.05, 0) is 65.4 Å². The molecule has 1 heterocycles. The minimum Gasteiger partial charge on any atom is -0.504 e. The molecule has 4 atom stereocenters. The van der Waals surface area contributed by atoms with Crippen LogP contribution >= 0.6 is 27.5 Å². The van der Waals surface area contributed by atoms with E-state index in [2.05, 4.69) is 15.9 Å². The molecule has 2 aromatic carbocycles. The zero-order chi connectivity index (χ0) is 27.7. The zero-order valence-corrected chi connectivity index (χ0v) is 23.4. The number of nitrogens with zero attached hydrogens (tertiary/aromatic N) is 1. The van der Waals surface area contributed by atoms with Gasteiger partial charge in [0.2, 0.25) is 11.8 Å². The number of carbonyl (C=O) groups excluding carboxylic acids is 4. The number of Topliss-reactive ketones (excluding diaryl/α,β-unsaturated/α-hetero) is 1. The number of ether oxygens (including phenoxy) is 1. The Hall–Kier alpha value is -3.49. The van der Waals surface area contributed by atoms with Gasteiger partial charge in [0.05, 0.1) is 29.1 Å². The van der Waals surface area contributed by atoms with Crippen molar-refractivity contribution in [2.75, 3.05) is 12.0 Å². The van der Waals surface area contributed by atoms with Crippen molar-refractivity contribution in [3.63, 3.8) is 0 Å². The van der Waals surface area contributed by atoms with E-state index in [-0.39, 0.29) is 51.4 Å². The van der Waals surface area contributed by atoms with Crippen molar-refractivity contribution in [1.82, 2.24) is 0 Å². The molecule has 0 radical (unpaired) electrons. The maximum Gasteiger partial charge on any atom is 0.238 e. The summed E-state index contributed by atoms with van der Waals surface area (Å²) in [6.07, 6.45) is 3.59. The molecule has 2 amide bonds. The second-order valence-electron chi connectivity index (χ2n) is 10.2. The van der Waals surface area contributed by atoms with Gasteiger partial charge < -0.3 is 9.84 Å². The van der Waals surface area contributed by atoms with Gasteiger partial charge in [0.1, 0.15) is 0 Å². The molecule has 0 aromatic heterocycles. The lowest BCUT2D eigenvalue weighted by atomic mass is 9.59. The maximum atomic E-state index is 14.0. The van der Waals surface area contributed by atoms with Crippen molar-refractivity contribution in [2.45, 2.75) is 25.7 Å². The summed E-state index contributed by atoms with van der Waals surface area (Å²) >= 11 is 9.54. The highest BCUT2D eigenvalue weighted by atomic mass is 79.9. The highest BCUT2D eigenvalue weighted by molar-refractivity contribution is 9.12. The van der Waals surface area contributed by atoms with Gasteiger partial charge in [0, 0.05) is 33.7 Å².